The molecule has 0 radical (unpaired) electrons. The Kier molecular flexibility index (Phi) is 7.77. The molecule has 1 saturated carbocycles. The largest absolute Gasteiger partial charge is 0.378 e. The van der Waals surface area contributed by atoms with E-state index in [-0.39, 0.29) is 6.71 Å². The molecule has 0 amide bonds. The maximum atomic E-state index is 9.15. The van der Waals surface area contributed by atoms with Gasteiger partial charge in [0, 0.05) is 25.7 Å². The number of ether oxygens (including phenoxy) is 1. The molecule has 0 spiro atoms. The Morgan fingerprint density at radius 3 is 2.48 bits per heavy atom. The Labute approximate surface area is 193 Å². The molecular weight excluding hydrogens is 407 g/mol. The predicted octanol–water partition coefficient (Wildman–Crippen LogP) is 5.38. The Morgan fingerprint density at radius 2 is 1.87 bits per heavy atom. The van der Waals surface area contributed by atoms with Gasteiger partial charge in [-0.25, -0.2) is 15.2 Å². The van der Waals surface area contributed by atoms with Crippen LogP contribution in [-0.4, -0.2) is 42.5 Å². The minimum Gasteiger partial charge on any atom is -0.378 e. The number of piperidine rings is 1. The van der Waals surface area contributed by atoms with Crippen molar-refractivity contribution in [3.63, 3.8) is 0 Å². The van der Waals surface area contributed by atoms with Gasteiger partial charge in [0.15, 0.2) is 0 Å². The molecule has 3 heterocycles. The average Bonchev–Trinajstić information content (AvgIpc) is 3.57. The summed E-state index contributed by atoms with van der Waals surface area (Å²) in [6.45, 7) is 7.85. The van der Waals surface area contributed by atoms with Crippen LogP contribution in [0, 0.1) is 40.8 Å². The maximum absolute atomic E-state index is 9.15. The van der Waals surface area contributed by atoms with Gasteiger partial charge in [0.2, 0.25) is 5.95 Å². The first-order chi connectivity index (χ1) is 15.0. The van der Waals surface area contributed by atoms with E-state index >= 15 is 0 Å². The predicted molar refractivity (Wildman–Crippen MR) is 126 cm³/mol. The van der Waals surface area contributed by atoms with Crippen molar-refractivity contribution in [1.29, 1.82) is 5.26 Å². The zero-order valence-electron chi connectivity index (χ0n) is 19.0. The summed E-state index contributed by atoms with van der Waals surface area (Å²) < 4.78 is 6.46. The molecule has 0 aromatic carbocycles. The van der Waals surface area contributed by atoms with Gasteiger partial charge in [-0.3, -0.25) is 0 Å². The fourth-order valence-corrected chi connectivity index (χ4v) is 6.08. The number of hydrogen-bond acceptors (Lipinski definition) is 5. The summed E-state index contributed by atoms with van der Waals surface area (Å²) in [5.41, 5.74) is 0. The number of aromatic nitrogens is 2. The van der Waals surface area contributed by atoms with Crippen LogP contribution in [0.2, 0.25) is 17.7 Å². The maximum Gasteiger partial charge on any atom is 0.267 e. The Balaban J connectivity index is 1.16. The summed E-state index contributed by atoms with van der Waals surface area (Å²) in [5, 5.41) is 9.75. The van der Waals surface area contributed by atoms with Crippen molar-refractivity contribution in [3.05, 3.63) is 17.4 Å². The fraction of sp³-hybridized carbons (Fsp3) is 0.792. The van der Waals surface area contributed by atoms with Crippen molar-refractivity contribution >= 4 is 24.3 Å². The van der Waals surface area contributed by atoms with Crippen molar-refractivity contribution in [2.75, 3.05) is 24.6 Å². The Bertz CT molecular complexity index is 739. The highest BCUT2D eigenvalue weighted by atomic mass is 35.5. The summed E-state index contributed by atoms with van der Waals surface area (Å²) in [6.07, 6.45) is 13.2. The first kappa shape index (κ1) is 22.9. The van der Waals surface area contributed by atoms with E-state index in [4.69, 9.17) is 21.6 Å². The fourth-order valence-electron chi connectivity index (χ4n) is 5.98. The van der Waals surface area contributed by atoms with Gasteiger partial charge in [-0.05, 0) is 55.3 Å². The number of halogens is 1. The lowest BCUT2D eigenvalue weighted by atomic mass is 9.41. The van der Waals surface area contributed by atoms with Gasteiger partial charge in [0.05, 0.1) is 23.5 Å². The van der Waals surface area contributed by atoms with Gasteiger partial charge in [-0.15, -0.1) is 0 Å². The van der Waals surface area contributed by atoms with E-state index in [1.807, 2.05) is 0 Å². The molecule has 7 heteroatoms. The SMILES string of the molecule is CC(C)C(OCCC1CC1C1CCN(c2ncc(Cl)cn2)CC1)C1CCB(C#N)CC1. The lowest BCUT2D eigenvalue weighted by molar-refractivity contribution is -0.0242. The van der Waals surface area contributed by atoms with Crippen molar-refractivity contribution in [2.45, 2.75) is 71.1 Å². The van der Waals surface area contributed by atoms with E-state index < -0.39 is 0 Å². The molecule has 31 heavy (non-hydrogen) atoms. The second kappa shape index (κ2) is 10.5. The number of anilines is 1. The lowest BCUT2D eigenvalue weighted by Gasteiger charge is -2.34. The van der Waals surface area contributed by atoms with Crippen molar-refractivity contribution in [2.24, 2.45) is 29.6 Å². The number of rotatable bonds is 8. The summed E-state index contributed by atoms with van der Waals surface area (Å²) >= 11 is 5.91. The van der Waals surface area contributed by atoms with Crippen LogP contribution in [0.1, 0.15) is 52.4 Å². The summed E-state index contributed by atoms with van der Waals surface area (Å²) in [7, 11) is 0. The highest BCUT2D eigenvalue weighted by Gasteiger charge is 2.43. The average molecular weight is 443 g/mol. The second-order valence-corrected chi connectivity index (χ2v) is 10.7. The number of nitriles is 1. The van der Waals surface area contributed by atoms with Crippen LogP contribution in [0.25, 0.3) is 0 Å². The molecule has 0 bridgehead atoms. The zero-order valence-corrected chi connectivity index (χ0v) is 19.8. The summed E-state index contributed by atoms with van der Waals surface area (Å²) in [5.74, 6) is 7.04. The molecule has 5 nitrogen and oxygen atoms in total. The van der Waals surface area contributed by atoms with E-state index in [0.717, 1.165) is 68.9 Å². The van der Waals surface area contributed by atoms with Crippen molar-refractivity contribution in [1.82, 2.24) is 9.97 Å². The van der Waals surface area contributed by atoms with Gasteiger partial charge in [0.25, 0.3) is 6.71 Å². The van der Waals surface area contributed by atoms with Crippen LogP contribution in [0.15, 0.2) is 12.4 Å². The first-order valence-electron chi connectivity index (χ1n) is 12.3. The van der Waals surface area contributed by atoms with E-state index in [1.165, 1.54) is 25.7 Å². The second-order valence-electron chi connectivity index (χ2n) is 10.3. The molecule has 1 aromatic heterocycles. The molecule has 168 valence electrons. The van der Waals surface area contributed by atoms with Gasteiger partial charge in [0.1, 0.15) is 0 Å². The van der Waals surface area contributed by atoms with Crippen LogP contribution in [0.4, 0.5) is 5.95 Å². The molecule has 2 saturated heterocycles. The van der Waals surface area contributed by atoms with E-state index in [2.05, 4.69) is 34.7 Å². The lowest BCUT2D eigenvalue weighted by Crippen LogP contribution is -2.35. The molecule has 3 aliphatic rings. The molecular formula is C24H36BClN4O. The third-order valence-corrected chi connectivity index (χ3v) is 8.08. The zero-order chi connectivity index (χ0) is 21.8. The quantitative estimate of drug-likeness (QED) is 0.506. The monoisotopic (exact) mass is 442 g/mol. The minimum atomic E-state index is 0.272. The Hall–Kier alpha value is -1.32. The smallest absolute Gasteiger partial charge is 0.267 e. The summed E-state index contributed by atoms with van der Waals surface area (Å²) in [6, 6.07) is 0. The standard InChI is InChI=1S/C24H36BClN4O/c1-17(2)23(19-3-8-25(16-27)9-4-19)31-12-7-20-13-22(20)18-5-10-30(11-6-18)24-28-14-21(26)15-29-24/h14-15,17-20,22-23H,3-13H2,1-2H3. The molecule has 1 aromatic rings. The van der Waals surface area contributed by atoms with Gasteiger partial charge < -0.3 is 9.64 Å². The number of nitrogens with zero attached hydrogens (tertiary/aromatic N) is 4. The summed E-state index contributed by atoms with van der Waals surface area (Å²) in [4.78, 5) is 11.0. The molecule has 3 atom stereocenters. The third kappa shape index (κ3) is 5.93. The van der Waals surface area contributed by atoms with Gasteiger partial charge in [-0.1, -0.05) is 50.9 Å². The first-order valence-corrected chi connectivity index (χ1v) is 12.7. The van der Waals surface area contributed by atoms with Crippen LogP contribution < -0.4 is 4.90 Å². The molecule has 0 N–H and O–H groups in total. The third-order valence-electron chi connectivity index (χ3n) is 7.89. The topological polar surface area (TPSA) is 62.0 Å². The van der Waals surface area contributed by atoms with Crippen molar-refractivity contribution < 1.29 is 4.74 Å². The molecule has 4 rings (SSSR count). The molecule has 3 fully saturated rings. The van der Waals surface area contributed by atoms with Crippen LogP contribution in [0.3, 0.4) is 0 Å². The van der Waals surface area contributed by atoms with Crippen LogP contribution in [0.5, 0.6) is 0 Å². The van der Waals surface area contributed by atoms with Crippen LogP contribution >= 0.6 is 11.6 Å². The van der Waals surface area contributed by atoms with Gasteiger partial charge >= 0.3 is 0 Å². The minimum absolute atomic E-state index is 0.272. The molecule has 2 aliphatic heterocycles. The van der Waals surface area contributed by atoms with Gasteiger partial charge in [-0.2, -0.15) is 0 Å². The van der Waals surface area contributed by atoms with E-state index in [0.29, 0.717) is 23.0 Å². The van der Waals surface area contributed by atoms with E-state index in [1.54, 1.807) is 12.4 Å². The molecule has 1 aliphatic carbocycles. The molecule has 3 unspecified atom stereocenters. The van der Waals surface area contributed by atoms with Crippen LogP contribution in [-0.2, 0) is 4.74 Å². The van der Waals surface area contributed by atoms with Crippen molar-refractivity contribution in [3.8, 4) is 5.97 Å². The van der Waals surface area contributed by atoms with E-state index in [9.17, 15) is 0 Å². The normalized spacial score (nSPS) is 26.2. The Morgan fingerprint density at radius 1 is 1.19 bits per heavy atom. The highest BCUT2D eigenvalue weighted by Crippen LogP contribution is 2.50. The number of hydrogen-bond donors (Lipinski definition) is 0. The highest BCUT2D eigenvalue weighted by molar-refractivity contribution is 6.67.